The summed E-state index contributed by atoms with van der Waals surface area (Å²) in [5.74, 6) is -1.01. The summed E-state index contributed by atoms with van der Waals surface area (Å²) in [5.41, 5.74) is 1.61. The van der Waals surface area contributed by atoms with Crippen LogP contribution in [-0.2, 0) is 9.59 Å². The van der Waals surface area contributed by atoms with Crippen LogP contribution in [0.3, 0.4) is 0 Å². The lowest BCUT2D eigenvalue weighted by Crippen LogP contribution is -2.22. The van der Waals surface area contributed by atoms with E-state index in [0.717, 1.165) is 0 Å². The number of pyridine rings is 1. The van der Waals surface area contributed by atoms with Crippen molar-refractivity contribution in [3.8, 4) is 17.7 Å². The van der Waals surface area contributed by atoms with Crippen molar-refractivity contribution in [2.75, 3.05) is 0 Å². The van der Waals surface area contributed by atoms with Gasteiger partial charge in [-0.2, -0.15) is 5.26 Å². The average molecular weight is 382 g/mol. The number of rotatable bonds is 4. The highest BCUT2D eigenvalue weighted by Gasteiger charge is 2.39. The Balaban J connectivity index is 1.60. The van der Waals surface area contributed by atoms with Gasteiger partial charge in [0.1, 0.15) is 23.4 Å². The molecule has 1 N–H and O–H groups in total. The Morgan fingerprint density at radius 3 is 2.48 bits per heavy atom. The normalized spacial score (nSPS) is 17.1. The second-order valence-corrected chi connectivity index (χ2v) is 6.22. The maximum absolute atomic E-state index is 12.2. The van der Waals surface area contributed by atoms with Crippen LogP contribution >= 0.6 is 0 Å². The van der Waals surface area contributed by atoms with Crippen LogP contribution in [0.2, 0.25) is 0 Å². The van der Waals surface area contributed by atoms with Crippen LogP contribution in [0, 0.1) is 11.3 Å². The van der Waals surface area contributed by atoms with E-state index in [-0.39, 0.29) is 11.6 Å². The molecule has 7 heteroatoms. The molecule has 3 aromatic rings. The zero-order valence-corrected chi connectivity index (χ0v) is 15.1. The van der Waals surface area contributed by atoms with Crippen molar-refractivity contribution < 1.29 is 14.3 Å². The maximum Gasteiger partial charge on any atom is 0.273 e. The Morgan fingerprint density at radius 1 is 1.00 bits per heavy atom. The highest BCUT2D eigenvalue weighted by molar-refractivity contribution is 6.52. The number of ether oxygens (including phenoxy) is 1. The molecule has 7 nitrogen and oxygen atoms in total. The van der Waals surface area contributed by atoms with E-state index in [1.807, 2.05) is 6.07 Å². The highest BCUT2D eigenvalue weighted by atomic mass is 16.5. The fourth-order valence-electron chi connectivity index (χ4n) is 2.97. The van der Waals surface area contributed by atoms with Crippen molar-refractivity contribution in [3.63, 3.8) is 0 Å². The number of hydrogen-bond acceptors (Lipinski definition) is 6. The van der Waals surface area contributed by atoms with E-state index in [0.29, 0.717) is 22.6 Å². The number of hydrogen-bond donors (Lipinski definition) is 1. The summed E-state index contributed by atoms with van der Waals surface area (Å²) >= 11 is 0. The first-order valence-electron chi connectivity index (χ1n) is 8.77. The first kappa shape index (κ1) is 18.1. The number of nitrogens with zero attached hydrogens (tertiary/aromatic N) is 3. The van der Waals surface area contributed by atoms with E-state index >= 15 is 0 Å². The van der Waals surface area contributed by atoms with Gasteiger partial charge in [-0.05, 0) is 23.8 Å². The van der Waals surface area contributed by atoms with Crippen LogP contribution in [0.4, 0.5) is 5.69 Å². The minimum Gasteiger partial charge on any atom is -0.438 e. The molecule has 1 unspecified atom stereocenters. The molecule has 2 amide bonds. The Hall–Kier alpha value is -4.31. The van der Waals surface area contributed by atoms with Gasteiger partial charge in [0.2, 0.25) is 11.8 Å². The summed E-state index contributed by atoms with van der Waals surface area (Å²) in [6, 6.07) is 21.1. The summed E-state index contributed by atoms with van der Waals surface area (Å²) < 4.78 is 5.64. The van der Waals surface area contributed by atoms with Crippen LogP contribution in [0.5, 0.6) is 11.6 Å². The van der Waals surface area contributed by atoms with Gasteiger partial charge in [0.15, 0.2) is 0 Å². The predicted molar refractivity (Wildman–Crippen MR) is 105 cm³/mol. The number of para-hydroxylation sites is 1. The Labute approximate surface area is 166 Å². The Morgan fingerprint density at radius 2 is 1.76 bits per heavy atom. The minimum absolute atomic E-state index is 0.117. The molecule has 0 aliphatic carbocycles. The third kappa shape index (κ3) is 3.73. The van der Waals surface area contributed by atoms with Gasteiger partial charge in [0.05, 0.1) is 17.4 Å². The molecule has 1 aromatic heterocycles. The molecule has 1 atom stereocenters. The van der Waals surface area contributed by atoms with Gasteiger partial charge in [-0.1, -0.05) is 42.5 Å². The molecule has 4 rings (SSSR count). The van der Waals surface area contributed by atoms with Crippen LogP contribution in [-0.4, -0.2) is 22.5 Å². The van der Waals surface area contributed by atoms with E-state index < -0.39 is 17.7 Å². The Kier molecular flexibility index (Phi) is 4.82. The first-order valence-corrected chi connectivity index (χ1v) is 8.77. The van der Waals surface area contributed by atoms with Crippen molar-refractivity contribution in [1.29, 1.82) is 5.26 Å². The summed E-state index contributed by atoms with van der Waals surface area (Å²) in [4.78, 5) is 33.0. The standard InChI is InChI=1S/C22H14N4O3/c23-12-15-8-4-5-9-17(15)29-18-11-10-16(13-24-18)25-20-19(21(27)26-22(20)28)14-6-2-1-3-7-14/h1-11,13,19H,(H,26,27,28). The van der Waals surface area contributed by atoms with Crippen LogP contribution in [0.25, 0.3) is 0 Å². The van der Waals surface area contributed by atoms with Crippen molar-refractivity contribution in [3.05, 3.63) is 84.1 Å². The molecule has 1 aliphatic heterocycles. The smallest absolute Gasteiger partial charge is 0.273 e. The molecule has 0 saturated carbocycles. The van der Waals surface area contributed by atoms with Crippen molar-refractivity contribution >= 4 is 23.2 Å². The van der Waals surface area contributed by atoms with Gasteiger partial charge >= 0.3 is 0 Å². The highest BCUT2D eigenvalue weighted by Crippen LogP contribution is 2.27. The SMILES string of the molecule is N#Cc1ccccc1Oc1ccc(N=C2C(=O)NC(=O)C2c2ccccc2)cn1. The Bertz CT molecular complexity index is 1150. The number of aliphatic imine (C=N–C) groups is 1. The van der Waals surface area contributed by atoms with Crippen LogP contribution in [0.1, 0.15) is 17.0 Å². The van der Waals surface area contributed by atoms with E-state index in [1.54, 1.807) is 60.7 Å². The number of amides is 2. The minimum atomic E-state index is -0.762. The summed E-state index contributed by atoms with van der Waals surface area (Å²) in [5, 5.41) is 11.4. The number of carbonyl (C=O) groups excluding carboxylic acids is 2. The number of nitrogens with one attached hydrogen (secondary N) is 1. The zero-order valence-electron chi connectivity index (χ0n) is 15.1. The molecule has 29 heavy (non-hydrogen) atoms. The molecule has 140 valence electrons. The predicted octanol–water partition coefficient (Wildman–Crippen LogP) is 3.26. The number of nitriles is 1. The monoisotopic (exact) mass is 382 g/mol. The zero-order chi connectivity index (χ0) is 20.2. The van der Waals surface area contributed by atoms with E-state index in [4.69, 9.17) is 10.00 Å². The number of imide groups is 1. The van der Waals surface area contributed by atoms with Gasteiger partial charge in [-0.25, -0.2) is 9.98 Å². The van der Waals surface area contributed by atoms with Crippen molar-refractivity contribution in [2.45, 2.75) is 5.92 Å². The lowest BCUT2D eigenvalue weighted by atomic mass is 9.96. The maximum atomic E-state index is 12.2. The fraction of sp³-hybridized carbons (Fsp3) is 0.0455. The molecular formula is C22H14N4O3. The average Bonchev–Trinajstić information content (AvgIpc) is 3.03. The molecule has 1 saturated heterocycles. The fourth-order valence-corrected chi connectivity index (χ4v) is 2.97. The molecule has 2 aromatic carbocycles. The van der Waals surface area contributed by atoms with Gasteiger partial charge in [-0.3, -0.25) is 14.9 Å². The summed E-state index contributed by atoms with van der Waals surface area (Å²) in [6.07, 6.45) is 1.44. The molecule has 2 heterocycles. The largest absolute Gasteiger partial charge is 0.438 e. The third-order valence-electron chi connectivity index (χ3n) is 4.33. The van der Waals surface area contributed by atoms with Crippen LogP contribution in [0.15, 0.2) is 77.9 Å². The van der Waals surface area contributed by atoms with E-state index in [2.05, 4.69) is 21.4 Å². The van der Waals surface area contributed by atoms with Crippen LogP contribution < -0.4 is 10.1 Å². The summed E-state index contributed by atoms with van der Waals surface area (Å²) in [6.45, 7) is 0. The number of aromatic nitrogens is 1. The van der Waals surface area contributed by atoms with E-state index in [9.17, 15) is 9.59 Å². The van der Waals surface area contributed by atoms with Gasteiger partial charge in [0, 0.05) is 6.07 Å². The molecule has 1 aliphatic rings. The molecular weight excluding hydrogens is 368 g/mol. The van der Waals surface area contributed by atoms with E-state index in [1.165, 1.54) is 6.20 Å². The lowest BCUT2D eigenvalue weighted by molar-refractivity contribution is -0.124. The molecule has 0 spiro atoms. The third-order valence-corrected chi connectivity index (χ3v) is 4.33. The van der Waals surface area contributed by atoms with Gasteiger partial charge in [-0.15, -0.1) is 0 Å². The lowest BCUT2D eigenvalue weighted by Gasteiger charge is -2.08. The topological polar surface area (TPSA) is 104 Å². The second-order valence-electron chi connectivity index (χ2n) is 6.22. The van der Waals surface area contributed by atoms with Gasteiger partial charge in [0.25, 0.3) is 5.91 Å². The molecule has 0 radical (unpaired) electrons. The quantitative estimate of drug-likeness (QED) is 0.698. The summed E-state index contributed by atoms with van der Waals surface area (Å²) in [7, 11) is 0. The number of carbonyl (C=O) groups is 2. The van der Waals surface area contributed by atoms with Crippen molar-refractivity contribution in [2.24, 2.45) is 4.99 Å². The second kappa shape index (κ2) is 7.74. The molecule has 1 fully saturated rings. The van der Waals surface area contributed by atoms with Gasteiger partial charge < -0.3 is 4.74 Å². The van der Waals surface area contributed by atoms with Crippen molar-refractivity contribution in [1.82, 2.24) is 10.3 Å². The first-order chi connectivity index (χ1) is 14.2. The molecule has 0 bridgehead atoms. The number of benzene rings is 2.